The maximum absolute atomic E-state index is 14.4. The van der Waals surface area contributed by atoms with Crippen LogP contribution in [0.2, 0.25) is 5.02 Å². The fourth-order valence-electron chi connectivity index (χ4n) is 3.53. The monoisotopic (exact) mass is 508 g/mol. The molecule has 0 aromatic heterocycles. The summed E-state index contributed by atoms with van der Waals surface area (Å²) in [6.07, 6.45) is 0.706. The van der Waals surface area contributed by atoms with Gasteiger partial charge in [0.15, 0.2) is 11.5 Å². The van der Waals surface area contributed by atoms with Crippen LogP contribution >= 0.6 is 11.6 Å². The number of benzene rings is 3. The van der Waals surface area contributed by atoms with Crippen LogP contribution in [0.4, 0.5) is 14.5 Å². The van der Waals surface area contributed by atoms with Crippen LogP contribution in [0, 0.1) is 17.0 Å². The van der Waals surface area contributed by atoms with Gasteiger partial charge in [-0.15, -0.1) is 0 Å². The lowest BCUT2D eigenvalue weighted by Crippen LogP contribution is -2.40. The molecule has 0 radical (unpaired) electrons. The number of methoxy groups -OCH3 is 2. The summed E-state index contributed by atoms with van der Waals surface area (Å²) in [4.78, 5) is -0.114. The molecule has 6 nitrogen and oxygen atoms in total. The van der Waals surface area contributed by atoms with Gasteiger partial charge in [-0.25, -0.2) is 17.2 Å². The van der Waals surface area contributed by atoms with E-state index in [0.29, 0.717) is 5.75 Å². The molecule has 0 fully saturated rings. The Bertz CT molecular complexity index is 1300. The Morgan fingerprint density at radius 2 is 1.68 bits per heavy atom. The van der Waals surface area contributed by atoms with E-state index < -0.39 is 27.7 Å². The molecule has 0 aliphatic carbocycles. The Labute approximate surface area is 202 Å². The Morgan fingerprint density at radius 3 is 2.26 bits per heavy atom. The molecule has 1 N–H and O–H groups in total. The zero-order chi connectivity index (χ0) is 25.0. The molecule has 0 amide bonds. The minimum atomic E-state index is -4.25. The van der Waals surface area contributed by atoms with E-state index in [2.05, 4.69) is 0 Å². The first-order chi connectivity index (χ1) is 16.1. The van der Waals surface area contributed by atoms with Gasteiger partial charge in [0.25, 0.3) is 10.0 Å². The summed E-state index contributed by atoms with van der Waals surface area (Å²) in [5.74, 6) is -0.980. The van der Waals surface area contributed by atoms with Gasteiger partial charge < -0.3 is 14.9 Å². The first-order valence-electron chi connectivity index (χ1n) is 10.1. The summed E-state index contributed by atoms with van der Waals surface area (Å²) in [5, 5.41) is 8.02. The number of halogens is 3. The lowest BCUT2D eigenvalue weighted by atomic mass is 10.0. The van der Waals surface area contributed by atoms with Crippen molar-refractivity contribution in [2.24, 2.45) is 0 Å². The topological polar surface area (TPSA) is 79.7 Å². The van der Waals surface area contributed by atoms with Gasteiger partial charge in [0, 0.05) is 29.3 Å². The zero-order valence-corrected chi connectivity index (χ0v) is 20.3. The molecule has 1 atom stereocenters. The van der Waals surface area contributed by atoms with Gasteiger partial charge in [-0.1, -0.05) is 17.7 Å². The van der Waals surface area contributed by atoms with Crippen molar-refractivity contribution in [3.63, 3.8) is 0 Å². The summed E-state index contributed by atoms with van der Waals surface area (Å²) < 4.78 is 67.7. The highest BCUT2D eigenvalue weighted by atomic mass is 35.5. The van der Waals surface area contributed by atoms with Crippen molar-refractivity contribution < 1.29 is 26.7 Å². The first-order valence-corrected chi connectivity index (χ1v) is 11.9. The van der Waals surface area contributed by atoms with Crippen molar-refractivity contribution in [2.45, 2.75) is 24.3 Å². The fraction of sp³-hybridized carbons (Fsp3) is 0.208. The average molecular weight is 509 g/mol. The summed E-state index contributed by atoms with van der Waals surface area (Å²) in [5.41, 5.74) is 0.184. The molecule has 3 aromatic rings. The molecular formula is C24H23ClF2N2O4S. The maximum Gasteiger partial charge on any atom is 0.265 e. The summed E-state index contributed by atoms with van der Waals surface area (Å²) in [6, 6.07) is 11.1. The minimum Gasteiger partial charge on any atom is -0.493 e. The second-order valence-corrected chi connectivity index (χ2v) is 9.63. The van der Waals surface area contributed by atoms with E-state index in [1.165, 1.54) is 63.6 Å². The van der Waals surface area contributed by atoms with Gasteiger partial charge in [-0.2, -0.15) is 0 Å². The number of nitrogens with one attached hydrogen (secondary N) is 1. The SMILES string of the molecule is COc1ccc(S(=O)(=O)N(c2ccc(Cl)cc2Cc2c(F)cccc2F)C(C)C=N)cc1OC. The molecule has 34 heavy (non-hydrogen) atoms. The number of nitrogens with zero attached hydrogens (tertiary/aromatic N) is 1. The summed E-state index contributed by atoms with van der Waals surface area (Å²) in [7, 11) is -1.45. The molecule has 0 saturated carbocycles. The molecule has 0 aliphatic heterocycles. The lowest BCUT2D eigenvalue weighted by molar-refractivity contribution is 0.354. The predicted molar refractivity (Wildman–Crippen MR) is 128 cm³/mol. The third-order valence-electron chi connectivity index (χ3n) is 5.23. The molecular weight excluding hydrogens is 486 g/mol. The fourth-order valence-corrected chi connectivity index (χ4v) is 5.38. The summed E-state index contributed by atoms with van der Waals surface area (Å²) in [6.45, 7) is 1.52. The lowest BCUT2D eigenvalue weighted by Gasteiger charge is -2.30. The van der Waals surface area contributed by atoms with E-state index in [-0.39, 0.29) is 38.9 Å². The molecule has 10 heteroatoms. The quantitative estimate of drug-likeness (QED) is 0.389. The van der Waals surface area contributed by atoms with Gasteiger partial charge in [0.1, 0.15) is 11.6 Å². The molecule has 0 saturated heterocycles. The second-order valence-electron chi connectivity index (χ2n) is 7.37. The van der Waals surface area contributed by atoms with Crippen LogP contribution in [0.3, 0.4) is 0 Å². The molecule has 180 valence electrons. The van der Waals surface area contributed by atoms with Gasteiger partial charge >= 0.3 is 0 Å². The van der Waals surface area contributed by atoms with Crippen molar-refractivity contribution >= 4 is 33.5 Å². The van der Waals surface area contributed by atoms with Crippen LogP contribution in [0.5, 0.6) is 11.5 Å². The third kappa shape index (κ3) is 5.00. The van der Waals surface area contributed by atoms with Crippen LogP contribution in [-0.2, 0) is 16.4 Å². The highest BCUT2D eigenvalue weighted by Gasteiger charge is 2.31. The van der Waals surface area contributed by atoms with Crippen LogP contribution in [0.25, 0.3) is 0 Å². The highest BCUT2D eigenvalue weighted by molar-refractivity contribution is 7.93. The molecule has 1 unspecified atom stereocenters. The van der Waals surface area contributed by atoms with Crippen molar-refractivity contribution in [1.29, 1.82) is 5.41 Å². The number of hydrogen-bond donors (Lipinski definition) is 1. The minimum absolute atomic E-state index is 0.114. The Balaban J connectivity index is 2.20. The smallest absolute Gasteiger partial charge is 0.265 e. The molecule has 0 aliphatic rings. The Kier molecular flexibility index (Phi) is 7.78. The number of anilines is 1. The predicted octanol–water partition coefficient (Wildman–Crippen LogP) is 5.46. The van der Waals surface area contributed by atoms with E-state index >= 15 is 0 Å². The van der Waals surface area contributed by atoms with E-state index in [0.717, 1.165) is 22.7 Å². The molecule has 3 rings (SSSR count). The largest absolute Gasteiger partial charge is 0.493 e. The molecule has 0 bridgehead atoms. The van der Waals surface area contributed by atoms with Crippen molar-refractivity contribution in [2.75, 3.05) is 18.5 Å². The van der Waals surface area contributed by atoms with Crippen molar-refractivity contribution in [3.8, 4) is 11.5 Å². The second kappa shape index (κ2) is 10.4. The van der Waals surface area contributed by atoms with Gasteiger partial charge in [0.2, 0.25) is 0 Å². The number of ether oxygens (including phenoxy) is 2. The first kappa shape index (κ1) is 25.5. The third-order valence-corrected chi connectivity index (χ3v) is 7.36. The molecule has 0 heterocycles. The highest BCUT2D eigenvalue weighted by Crippen LogP contribution is 2.36. The standard InChI is InChI=1S/C24H23ClF2N2O4S/c1-15(14-28)29(34(30,31)18-8-10-23(32-2)24(13-18)33-3)22-9-7-17(25)11-16(22)12-19-20(26)5-4-6-21(19)27/h4-11,13-15,28H,12H2,1-3H3. The van der Waals surface area contributed by atoms with Crippen molar-refractivity contribution in [1.82, 2.24) is 0 Å². The summed E-state index contributed by atoms with van der Waals surface area (Å²) >= 11 is 6.15. The van der Waals surface area contributed by atoms with Gasteiger partial charge in [0.05, 0.1) is 30.8 Å². The normalized spacial score (nSPS) is 12.2. The average Bonchev–Trinajstić information content (AvgIpc) is 2.82. The Hall–Kier alpha value is -3.17. The van der Waals surface area contributed by atoms with Crippen LogP contribution in [-0.4, -0.2) is 34.9 Å². The van der Waals surface area contributed by atoms with E-state index in [4.69, 9.17) is 26.5 Å². The van der Waals surface area contributed by atoms with Gasteiger partial charge in [-0.3, -0.25) is 4.31 Å². The van der Waals surface area contributed by atoms with E-state index in [9.17, 15) is 17.2 Å². The van der Waals surface area contributed by atoms with E-state index in [1.807, 2.05) is 0 Å². The van der Waals surface area contributed by atoms with Crippen molar-refractivity contribution in [3.05, 3.63) is 82.4 Å². The van der Waals surface area contributed by atoms with E-state index in [1.54, 1.807) is 0 Å². The number of hydrogen-bond acceptors (Lipinski definition) is 5. The number of sulfonamides is 1. The number of rotatable bonds is 9. The maximum atomic E-state index is 14.4. The molecule has 0 spiro atoms. The van der Waals surface area contributed by atoms with Crippen LogP contribution in [0.15, 0.2) is 59.5 Å². The molecule has 3 aromatic carbocycles. The van der Waals surface area contributed by atoms with Gasteiger partial charge in [-0.05, 0) is 55.0 Å². The Morgan fingerprint density at radius 1 is 1.03 bits per heavy atom. The van der Waals surface area contributed by atoms with Crippen LogP contribution < -0.4 is 13.8 Å². The zero-order valence-electron chi connectivity index (χ0n) is 18.7. The van der Waals surface area contributed by atoms with Crippen LogP contribution in [0.1, 0.15) is 18.1 Å².